The predicted octanol–water partition coefficient (Wildman–Crippen LogP) is 2.40. The van der Waals surface area contributed by atoms with E-state index in [1.807, 2.05) is 26.0 Å². The van der Waals surface area contributed by atoms with Crippen molar-refractivity contribution >= 4 is 21.6 Å². The van der Waals surface area contributed by atoms with Crippen LogP contribution >= 0.6 is 15.9 Å². The maximum atomic E-state index is 9.89. The SMILES string of the molecule is C[C@H](O)c1ccc(N2CCN(CC(C)(C)O)CC2)c(Br)c1. The van der Waals surface area contributed by atoms with Crippen LogP contribution in [0.3, 0.4) is 0 Å². The molecule has 1 saturated heterocycles. The predicted molar refractivity (Wildman–Crippen MR) is 89.7 cm³/mol. The molecule has 0 bridgehead atoms. The van der Waals surface area contributed by atoms with Gasteiger partial charge < -0.3 is 15.1 Å². The number of aliphatic hydroxyl groups is 2. The number of hydrogen-bond acceptors (Lipinski definition) is 4. The monoisotopic (exact) mass is 356 g/mol. The fourth-order valence-corrected chi connectivity index (χ4v) is 3.38. The third kappa shape index (κ3) is 4.68. The molecule has 1 heterocycles. The van der Waals surface area contributed by atoms with Crippen molar-refractivity contribution in [1.82, 2.24) is 4.90 Å². The van der Waals surface area contributed by atoms with E-state index < -0.39 is 11.7 Å². The normalized spacial score (nSPS) is 18.9. The van der Waals surface area contributed by atoms with E-state index in [1.165, 1.54) is 5.69 Å². The smallest absolute Gasteiger partial charge is 0.0762 e. The molecule has 2 rings (SSSR count). The molecule has 0 aromatic heterocycles. The van der Waals surface area contributed by atoms with Crippen molar-refractivity contribution in [3.8, 4) is 0 Å². The summed E-state index contributed by atoms with van der Waals surface area (Å²) in [6, 6.07) is 6.04. The van der Waals surface area contributed by atoms with Gasteiger partial charge in [-0.15, -0.1) is 0 Å². The van der Waals surface area contributed by atoms with Crippen molar-refractivity contribution in [2.45, 2.75) is 32.5 Å². The van der Waals surface area contributed by atoms with E-state index in [0.717, 1.165) is 36.2 Å². The topological polar surface area (TPSA) is 46.9 Å². The van der Waals surface area contributed by atoms with Crippen LogP contribution in [-0.2, 0) is 0 Å². The summed E-state index contributed by atoms with van der Waals surface area (Å²) in [5.74, 6) is 0. The molecule has 2 N–H and O–H groups in total. The van der Waals surface area contributed by atoms with Gasteiger partial charge in [0.1, 0.15) is 0 Å². The maximum Gasteiger partial charge on any atom is 0.0762 e. The van der Waals surface area contributed by atoms with E-state index in [9.17, 15) is 10.2 Å². The fraction of sp³-hybridized carbons (Fsp3) is 0.625. The van der Waals surface area contributed by atoms with Crippen molar-refractivity contribution in [2.75, 3.05) is 37.6 Å². The van der Waals surface area contributed by atoms with E-state index in [2.05, 4.69) is 31.8 Å². The average molecular weight is 357 g/mol. The van der Waals surface area contributed by atoms with Crippen LogP contribution in [0.1, 0.15) is 32.4 Å². The third-order valence-corrected chi connectivity index (χ3v) is 4.41. The van der Waals surface area contributed by atoms with Gasteiger partial charge in [-0.05, 0) is 54.4 Å². The first-order valence-electron chi connectivity index (χ1n) is 7.43. The van der Waals surface area contributed by atoms with E-state index in [-0.39, 0.29) is 0 Å². The van der Waals surface area contributed by atoms with Crippen LogP contribution in [0.15, 0.2) is 22.7 Å². The largest absolute Gasteiger partial charge is 0.389 e. The van der Waals surface area contributed by atoms with Gasteiger partial charge in [0.05, 0.1) is 17.4 Å². The van der Waals surface area contributed by atoms with Crippen molar-refractivity contribution in [3.05, 3.63) is 28.2 Å². The molecule has 1 aromatic carbocycles. The van der Waals surface area contributed by atoms with Gasteiger partial charge in [0, 0.05) is 37.2 Å². The molecular weight excluding hydrogens is 332 g/mol. The van der Waals surface area contributed by atoms with Crippen molar-refractivity contribution < 1.29 is 10.2 Å². The quantitative estimate of drug-likeness (QED) is 0.869. The van der Waals surface area contributed by atoms with Gasteiger partial charge in [-0.3, -0.25) is 4.90 Å². The number of rotatable bonds is 4. The molecular formula is C16H25BrN2O2. The molecule has 0 aliphatic carbocycles. The van der Waals surface area contributed by atoms with Crippen LogP contribution < -0.4 is 4.90 Å². The summed E-state index contributed by atoms with van der Waals surface area (Å²) in [5.41, 5.74) is 1.45. The van der Waals surface area contributed by atoms with Crippen LogP contribution in [0.4, 0.5) is 5.69 Å². The third-order valence-electron chi connectivity index (χ3n) is 3.78. The molecule has 0 radical (unpaired) electrons. The molecule has 1 aromatic rings. The lowest BCUT2D eigenvalue weighted by Crippen LogP contribution is -2.50. The Kier molecular flexibility index (Phi) is 5.30. The van der Waals surface area contributed by atoms with Crippen molar-refractivity contribution in [2.24, 2.45) is 0 Å². The van der Waals surface area contributed by atoms with Crippen LogP contribution in [0.2, 0.25) is 0 Å². The molecule has 0 spiro atoms. The number of β-amino-alcohol motifs (C(OH)–C–C–N with tert-alkyl or cyclic N) is 1. The molecule has 4 nitrogen and oxygen atoms in total. The van der Waals surface area contributed by atoms with Crippen LogP contribution in [0.5, 0.6) is 0 Å². The Balaban J connectivity index is 1.99. The van der Waals surface area contributed by atoms with Gasteiger partial charge in [-0.25, -0.2) is 0 Å². The highest BCUT2D eigenvalue weighted by molar-refractivity contribution is 9.10. The highest BCUT2D eigenvalue weighted by Gasteiger charge is 2.23. The zero-order chi connectivity index (χ0) is 15.6. The highest BCUT2D eigenvalue weighted by Crippen LogP contribution is 2.30. The molecule has 0 amide bonds. The lowest BCUT2D eigenvalue weighted by atomic mass is 10.1. The number of piperazine rings is 1. The maximum absolute atomic E-state index is 9.89. The van der Waals surface area contributed by atoms with Crippen molar-refractivity contribution in [3.63, 3.8) is 0 Å². The van der Waals surface area contributed by atoms with E-state index in [1.54, 1.807) is 6.92 Å². The van der Waals surface area contributed by atoms with E-state index in [4.69, 9.17) is 0 Å². The summed E-state index contributed by atoms with van der Waals surface area (Å²) in [4.78, 5) is 4.64. The van der Waals surface area contributed by atoms with Crippen LogP contribution in [0, 0.1) is 0 Å². The summed E-state index contributed by atoms with van der Waals surface area (Å²) < 4.78 is 1.02. The number of halogens is 1. The summed E-state index contributed by atoms with van der Waals surface area (Å²) >= 11 is 3.61. The number of benzene rings is 1. The van der Waals surface area contributed by atoms with Crippen LogP contribution in [0.25, 0.3) is 0 Å². The molecule has 0 saturated carbocycles. The summed E-state index contributed by atoms with van der Waals surface area (Å²) in [7, 11) is 0. The lowest BCUT2D eigenvalue weighted by Gasteiger charge is -2.38. The molecule has 0 unspecified atom stereocenters. The first-order valence-corrected chi connectivity index (χ1v) is 8.23. The van der Waals surface area contributed by atoms with E-state index >= 15 is 0 Å². The molecule has 1 fully saturated rings. The molecule has 118 valence electrons. The Morgan fingerprint density at radius 2 is 1.86 bits per heavy atom. The zero-order valence-electron chi connectivity index (χ0n) is 13.0. The van der Waals surface area contributed by atoms with Crippen molar-refractivity contribution in [1.29, 1.82) is 0 Å². The standard InChI is InChI=1S/C16H25BrN2O2/c1-12(20)13-4-5-15(14(17)10-13)19-8-6-18(7-9-19)11-16(2,3)21/h4-5,10,12,20-21H,6-9,11H2,1-3H3/t12-/m0/s1. The average Bonchev–Trinajstić information content (AvgIpc) is 2.38. The second-order valence-electron chi connectivity index (χ2n) is 6.46. The highest BCUT2D eigenvalue weighted by atomic mass is 79.9. The van der Waals surface area contributed by atoms with Gasteiger partial charge in [-0.1, -0.05) is 6.07 Å². The second kappa shape index (κ2) is 6.65. The van der Waals surface area contributed by atoms with Gasteiger partial charge >= 0.3 is 0 Å². The van der Waals surface area contributed by atoms with Gasteiger partial charge in [-0.2, -0.15) is 0 Å². The number of aliphatic hydroxyl groups excluding tert-OH is 1. The molecule has 5 heteroatoms. The first-order chi connectivity index (χ1) is 9.76. The minimum Gasteiger partial charge on any atom is -0.389 e. The van der Waals surface area contributed by atoms with Gasteiger partial charge in [0.15, 0.2) is 0 Å². The molecule has 1 aliphatic rings. The Morgan fingerprint density at radius 3 is 2.33 bits per heavy atom. The van der Waals surface area contributed by atoms with Crippen LogP contribution in [-0.4, -0.2) is 53.4 Å². The zero-order valence-corrected chi connectivity index (χ0v) is 14.6. The Bertz CT molecular complexity index is 478. The fourth-order valence-electron chi connectivity index (χ4n) is 2.73. The molecule has 1 atom stereocenters. The summed E-state index contributed by atoms with van der Waals surface area (Å²) in [6.45, 7) is 9.99. The van der Waals surface area contributed by atoms with Gasteiger partial charge in [0.25, 0.3) is 0 Å². The Morgan fingerprint density at radius 1 is 1.24 bits per heavy atom. The molecule has 1 aliphatic heterocycles. The number of anilines is 1. The second-order valence-corrected chi connectivity index (χ2v) is 7.32. The lowest BCUT2D eigenvalue weighted by molar-refractivity contribution is 0.0345. The van der Waals surface area contributed by atoms with E-state index in [0.29, 0.717) is 6.54 Å². The summed E-state index contributed by atoms with van der Waals surface area (Å²) in [5, 5.41) is 19.5. The summed E-state index contributed by atoms with van der Waals surface area (Å²) in [6.07, 6.45) is -0.445. The molecule has 21 heavy (non-hydrogen) atoms. The number of nitrogens with zero attached hydrogens (tertiary/aromatic N) is 2. The minimum absolute atomic E-state index is 0.445. The number of hydrogen-bond donors (Lipinski definition) is 2. The van der Waals surface area contributed by atoms with Gasteiger partial charge in [0.2, 0.25) is 0 Å². The Hall–Kier alpha value is -0.620. The minimum atomic E-state index is -0.637. The Labute approximate surface area is 135 Å². The first kappa shape index (κ1) is 16.7.